The van der Waals surface area contributed by atoms with Crippen molar-refractivity contribution < 1.29 is 24.1 Å². The number of hydrogen-bond acceptors (Lipinski definition) is 5. The smallest absolute Gasteiger partial charge is 0.338 e. The largest absolute Gasteiger partial charge is 0.507 e. The molecule has 0 aliphatic rings. The van der Waals surface area contributed by atoms with Crippen molar-refractivity contribution in [1.29, 1.82) is 0 Å². The van der Waals surface area contributed by atoms with E-state index in [0.717, 1.165) is 0 Å². The Morgan fingerprint density at radius 3 is 2.37 bits per heavy atom. The maximum absolute atomic E-state index is 11.5. The number of benzene rings is 2. The fourth-order valence-electron chi connectivity index (χ4n) is 1.94. The van der Waals surface area contributed by atoms with Gasteiger partial charge in [-0.15, -0.1) is 0 Å². The molecule has 0 spiro atoms. The molecule has 2 aromatic rings. The first-order valence-corrected chi connectivity index (χ1v) is 5.57. The molecule has 0 fully saturated rings. The molecule has 0 bridgehead atoms. The molecule has 5 heteroatoms. The van der Waals surface area contributed by atoms with E-state index >= 15 is 0 Å². The number of carbonyl (C=O) groups excluding carboxylic acids is 1. The lowest BCUT2D eigenvalue weighted by Crippen LogP contribution is -2.01. The first-order valence-electron chi connectivity index (χ1n) is 5.57. The van der Waals surface area contributed by atoms with Gasteiger partial charge in [0.25, 0.3) is 0 Å². The van der Waals surface area contributed by atoms with E-state index in [1.807, 2.05) is 0 Å². The highest BCUT2D eigenvalue weighted by Gasteiger charge is 2.14. The van der Waals surface area contributed by atoms with Gasteiger partial charge in [0.15, 0.2) is 0 Å². The van der Waals surface area contributed by atoms with Gasteiger partial charge >= 0.3 is 5.97 Å². The van der Waals surface area contributed by atoms with Crippen molar-refractivity contribution in [1.82, 2.24) is 0 Å². The number of carbonyl (C=O) groups is 1. The molecular formula is C14H14O5. The van der Waals surface area contributed by atoms with Crippen molar-refractivity contribution in [2.75, 3.05) is 21.3 Å². The topological polar surface area (TPSA) is 65.0 Å². The van der Waals surface area contributed by atoms with Gasteiger partial charge in [-0.3, -0.25) is 0 Å². The van der Waals surface area contributed by atoms with Crippen LogP contribution in [0.15, 0.2) is 24.3 Å². The van der Waals surface area contributed by atoms with Crippen LogP contribution in [0.1, 0.15) is 10.4 Å². The number of esters is 1. The summed E-state index contributed by atoms with van der Waals surface area (Å²) >= 11 is 0. The van der Waals surface area contributed by atoms with Crippen molar-refractivity contribution >= 4 is 16.7 Å². The maximum atomic E-state index is 11.5. The number of phenolic OH excluding ortho intramolecular Hbond substituents is 1. The van der Waals surface area contributed by atoms with E-state index in [4.69, 9.17) is 9.47 Å². The summed E-state index contributed by atoms with van der Waals surface area (Å²) in [6.07, 6.45) is 0. The van der Waals surface area contributed by atoms with Crippen molar-refractivity contribution in [2.24, 2.45) is 0 Å². The highest BCUT2D eigenvalue weighted by atomic mass is 16.5. The van der Waals surface area contributed by atoms with Crippen molar-refractivity contribution in [2.45, 2.75) is 0 Å². The molecule has 0 unspecified atom stereocenters. The Kier molecular flexibility index (Phi) is 3.46. The van der Waals surface area contributed by atoms with E-state index in [-0.39, 0.29) is 11.3 Å². The molecule has 0 aromatic heterocycles. The molecule has 0 aliphatic carbocycles. The summed E-state index contributed by atoms with van der Waals surface area (Å²) in [5, 5.41) is 11.2. The summed E-state index contributed by atoms with van der Waals surface area (Å²) < 4.78 is 15.0. The number of methoxy groups -OCH3 is 3. The van der Waals surface area contributed by atoms with Crippen LogP contribution in [0.3, 0.4) is 0 Å². The second-order valence-electron chi connectivity index (χ2n) is 3.91. The molecule has 100 valence electrons. The van der Waals surface area contributed by atoms with Gasteiger partial charge < -0.3 is 19.3 Å². The summed E-state index contributed by atoms with van der Waals surface area (Å²) in [7, 11) is 4.32. The summed E-state index contributed by atoms with van der Waals surface area (Å²) in [5.41, 5.74) is 0.266. The summed E-state index contributed by atoms with van der Waals surface area (Å²) in [5.74, 6) is 0.491. The Bertz CT molecular complexity index is 633. The SMILES string of the molecule is COC(=O)c1cc(O)c2c(OC)cc(OC)cc2c1. The quantitative estimate of drug-likeness (QED) is 0.860. The lowest BCUT2D eigenvalue weighted by atomic mass is 10.0. The van der Waals surface area contributed by atoms with Crippen LogP contribution in [0.4, 0.5) is 0 Å². The highest BCUT2D eigenvalue weighted by Crippen LogP contribution is 2.37. The standard InChI is InChI=1S/C14H14O5/c1-17-10-5-8-4-9(14(16)19-3)6-11(15)13(8)12(7-10)18-2/h4-7,15H,1-3H3. The molecule has 1 N–H and O–H groups in total. The molecule has 0 heterocycles. The van der Waals surface area contributed by atoms with E-state index in [1.165, 1.54) is 27.4 Å². The molecule has 0 atom stereocenters. The molecule has 2 rings (SSSR count). The van der Waals surface area contributed by atoms with E-state index in [2.05, 4.69) is 4.74 Å². The number of fused-ring (bicyclic) bond motifs is 1. The van der Waals surface area contributed by atoms with Gasteiger partial charge in [0.05, 0.1) is 32.3 Å². The fraction of sp³-hybridized carbons (Fsp3) is 0.214. The zero-order chi connectivity index (χ0) is 14.0. The van der Waals surface area contributed by atoms with E-state index in [1.54, 1.807) is 18.2 Å². The summed E-state index contributed by atoms with van der Waals surface area (Å²) in [6.45, 7) is 0. The minimum absolute atomic E-state index is 0.0441. The number of rotatable bonds is 3. The van der Waals surface area contributed by atoms with E-state index in [9.17, 15) is 9.90 Å². The normalized spacial score (nSPS) is 10.3. The lowest BCUT2D eigenvalue weighted by molar-refractivity contribution is 0.0600. The van der Waals surface area contributed by atoms with Gasteiger partial charge in [-0.2, -0.15) is 0 Å². The minimum atomic E-state index is -0.515. The van der Waals surface area contributed by atoms with Gasteiger partial charge in [-0.1, -0.05) is 0 Å². The monoisotopic (exact) mass is 262 g/mol. The number of phenols is 1. The van der Waals surface area contributed by atoms with Gasteiger partial charge in [-0.25, -0.2) is 4.79 Å². The highest BCUT2D eigenvalue weighted by molar-refractivity contribution is 6.01. The van der Waals surface area contributed by atoms with Gasteiger partial charge in [0, 0.05) is 6.07 Å². The van der Waals surface area contributed by atoms with Crippen LogP contribution in [-0.4, -0.2) is 32.4 Å². The molecule has 5 nitrogen and oxygen atoms in total. The summed E-state index contributed by atoms with van der Waals surface area (Å²) in [6, 6.07) is 6.35. The zero-order valence-corrected chi connectivity index (χ0v) is 10.9. The predicted octanol–water partition coefficient (Wildman–Crippen LogP) is 2.35. The molecule has 0 saturated carbocycles. The molecule has 0 saturated heterocycles. The average molecular weight is 262 g/mol. The third-order valence-electron chi connectivity index (χ3n) is 2.84. The van der Waals surface area contributed by atoms with Gasteiger partial charge in [0.1, 0.15) is 17.2 Å². The predicted molar refractivity (Wildman–Crippen MR) is 70.1 cm³/mol. The van der Waals surface area contributed by atoms with Crippen LogP contribution in [0.25, 0.3) is 10.8 Å². The maximum Gasteiger partial charge on any atom is 0.338 e. The second kappa shape index (κ2) is 5.06. The Labute approximate surface area is 110 Å². The van der Waals surface area contributed by atoms with Crippen LogP contribution in [-0.2, 0) is 4.74 Å². The van der Waals surface area contributed by atoms with E-state index < -0.39 is 5.97 Å². The molecule has 0 amide bonds. The van der Waals surface area contributed by atoms with Crippen LogP contribution < -0.4 is 9.47 Å². The zero-order valence-electron chi connectivity index (χ0n) is 10.9. The fourth-order valence-corrected chi connectivity index (χ4v) is 1.94. The minimum Gasteiger partial charge on any atom is -0.507 e. The molecule has 0 radical (unpaired) electrons. The molecule has 2 aromatic carbocycles. The number of aromatic hydroxyl groups is 1. The molecule has 19 heavy (non-hydrogen) atoms. The van der Waals surface area contributed by atoms with Crippen LogP contribution in [0.2, 0.25) is 0 Å². The van der Waals surface area contributed by atoms with Crippen LogP contribution in [0.5, 0.6) is 17.2 Å². The second-order valence-corrected chi connectivity index (χ2v) is 3.91. The first kappa shape index (κ1) is 13.0. The average Bonchev–Trinajstić information content (AvgIpc) is 2.44. The third kappa shape index (κ3) is 2.27. The summed E-state index contributed by atoms with van der Waals surface area (Å²) in [4.78, 5) is 11.5. The number of ether oxygens (including phenoxy) is 3. The van der Waals surface area contributed by atoms with Gasteiger partial charge in [0.2, 0.25) is 0 Å². The lowest BCUT2D eigenvalue weighted by Gasteiger charge is -2.11. The third-order valence-corrected chi connectivity index (χ3v) is 2.84. The Morgan fingerprint density at radius 2 is 1.79 bits per heavy atom. The van der Waals surface area contributed by atoms with Crippen molar-refractivity contribution in [3.8, 4) is 17.2 Å². The van der Waals surface area contributed by atoms with Gasteiger partial charge in [-0.05, 0) is 23.6 Å². The van der Waals surface area contributed by atoms with Crippen molar-refractivity contribution in [3.05, 3.63) is 29.8 Å². The first-order chi connectivity index (χ1) is 9.10. The Morgan fingerprint density at radius 1 is 1.05 bits per heavy atom. The van der Waals surface area contributed by atoms with Crippen LogP contribution in [0, 0.1) is 0 Å². The number of hydrogen-bond donors (Lipinski definition) is 1. The molecule has 0 aliphatic heterocycles. The van der Waals surface area contributed by atoms with Crippen molar-refractivity contribution in [3.63, 3.8) is 0 Å². The molecular weight excluding hydrogens is 248 g/mol. The Hall–Kier alpha value is -2.43. The Balaban J connectivity index is 2.75. The van der Waals surface area contributed by atoms with E-state index in [0.29, 0.717) is 22.3 Å². The van der Waals surface area contributed by atoms with Crippen LogP contribution >= 0.6 is 0 Å².